The average molecular weight is 424 g/mol. The maximum atomic E-state index is 5.58. The number of rotatable bonds is 9. The normalized spacial score (nSPS) is 19.3. The summed E-state index contributed by atoms with van der Waals surface area (Å²) in [5.74, 6) is 3.14. The Bertz CT molecular complexity index is 766. The van der Waals surface area contributed by atoms with Crippen molar-refractivity contribution in [2.75, 3.05) is 13.1 Å². The van der Waals surface area contributed by atoms with Crippen molar-refractivity contribution < 1.29 is 4.52 Å². The van der Waals surface area contributed by atoms with Gasteiger partial charge < -0.3 is 9.42 Å². The number of hydrogen-bond acceptors (Lipinski definition) is 4. The number of aromatic nitrogens is 2. The molecule has 1 aromatic carbocycles. The van der Waals surface area contributed by atoms with Crippen LogP contribution in [0.25, 0.3) is 11.5 Å². The summed E-state index contributed by atoms with van der Waals surface area (Å²) in [6, 6.07) is 9.64. The Hall–Kier alpha value is -1.68. The minimum absolute atomic E-state index is 0.670. The Balaban J connectivity index is 1.22. The van der Waals surface area contributed by atoms with E-state index in [1.54, 1.807) is 0 Å². The molecule has 1 aromatic heterocycles. The van der Waals surface area contributed by atoms with Crippen LogP contribution in [-0.2, 0) is 6.42 Å². The van der Waals surface area contributed by atoms with Gasteiger partial charge in [0, 0.05) is 18.0 Å². The van der Waals surface area contributed by atoms with Crippen LogP contribution >= 0.6 is 0 Å². The summed E-state index contributed by atoms with van der Waals surface area (Å²) in [5.41, 5.74) is 2.52. The van der Waals surface area contributed by atoms with Gasteiger partial charge in [0.25, 0.3) is 5.89 Å². The maximum Gasteiger partial charge on any atom is 0.257 e. The molecule has 0 atom stereocenters. The van der Waals surface area contributed by atoms with Gasteiger partial charge in [-0.05, 0) is 94.0 Å². The first kappa shape index (κ1) is 22.5. The molecule has 0 bridgehead atoms. The summed E-state index contributed by atoms with van der Waals surface area (Å²) < 4.78 is 5.58. The van der Waals surface area contributed by atoms with Crippen LogP contribution in [-0.4, -0.2) is 34.2 Å². The van der Waals surface area contributed by atoms with Crippen molar-refractivity contribution in [2.24, 2.45) is 5.92 Å². The molecule has 4 nitrogen and oxygen atoms in total. The van der Waals surface area contributed by atoms with Crippen LogP contribution in [0.5, 0.6) is 0 Å². The highest BCUT2D eigenvalue weighted by atomic mass is 16.5. The van der Waals surface area contributed by atoms with Crippen molar-refractivity contribution in [1.29, 1.82) is 0 Å². The van der Waals surface area contributed by atoms with Crippen molar-refractivity contribution in [3.63, 3.8) is 0 Å². The summed E-state index contributed by atoms with van der Waals surface area (Å²) in [7, 11) is 0. The van der Waals surface area contributed by atoms with Crippen LogP contribution in [0.2, 0.25) is 0 Å². The van der Waals surface area contributed by atoms with E-state index in [1.807, 2.05) is 0 Å². The van der Waals surface area contributed by atoms with Gasteiger partial charge in [0.15, 0.2) is 5.82 Å². The van der Waals surface area contributed by atoms with E-state index in [0.29, 0.717) is 5.89 Å². The van der Waals surface area contributed by atoms with E-state index in [1.165, 1.54) is 82.9 Å². The number of hydrogen-bond donors (Lipinski definition) is 0. The van der Waals surface area contributed by atoms with Gasteiger partial charge in [-0.15, -0.1) is 0 Å². The first-order valence-corrected chi connectivity index (χ1v) is 12.9. The lowest BCUT2D eigenvalue weighted by Crippen LogP contribution is -2.40. The molecule has 1 aliphatic carbocycles. The smallest absolute Gasteiger partial charge is 0.257 e. The molecule has 2 fully saturated rings. The third-order valence-electron chi connectivity index (χ3n) is 7.82. The Morgan fingerprint density at radius 1 is 0.968 bits per heavy atom. The average Bonchev–Trinajstić information content (AvgIpc) is 3.30. The Kier molecular flexibility index (Phi) is 8.18. The molecule has 0 spiro atoms. The van der Waals surface area contributed by atoms with Gasteiger partial charge in [-0.25, -0.2) is 0 Å². The molecule has 170 valence electrons. The van der Waals surface area contributed by atoms with Crippen LogP contribution in [0.1, 0.15) is 102 Å². The number of likely N-dealkylation sites (tertiary alicyclic amines) is 1. The van der Waals surface area contributed by atoms with Crippen molar-refractivity contribution in [1.82, 2.24) is 15.0 Å². The zero-order valence-corrected chi connectivity index (χ0v) is 19.7. The fourth-order valence-corrected chi connectivity index (χ4v) is 5.77. The van der Waals surface area contributed by atoms with Crippen LogP contribution < -0.4 is 0 Å². The Morgan fingerprint density at radius 2 is 1.68 bits per heavy atom. The number of aryl methyl sites for hydroxylation is 1. The third-order valence-corrected chi connectivity index (χ3v) is 7.82. The monoisotopic (exact) mass is 423 g/mol. The van der Waals surface area contributed by atoms with E-state index in [0.717, 1.165) is 42.1 Å². The predicted octanol–water partition coefficient (Wildman–Crippen LogP) is 7.01. The Labute approximate surface area is 188 Å². The van der Waals surface area contributed by atoms with Gasteiger partial charge >= 0.3 is 0 Å². The second-order valence-electron chi connectivity index (χ2n) is 9.81. The molecule has 2 aliphatic rings. The Morgan fingerprint density at radius 3 is 2.35 bits per heavy atom. The van der Waals surface area contributed by atoms with Crippen molar-refractivity contribution in [3.8, 4) is 11.5 Å². The molecule has 4 heteroatoms. The fraction of sp³-hybridized carbons (Fsp3) is 0.704. The number of benzene rings is 1. The van der Waals surface area contributed by atoms with Crippen molar-refractivity contribution in [2.45, 2.75) is 103 Å². The lowest BCUT2D eigenvalue weighted by molar-refractivity contribution is 0.122. The highest BCUT2D eigenvalue weighted by Gasteiger charge is 2.23. The van der Waals surface area contributed by atoms with Crippen LogP contribution in [0.3, 0.4) is 0 Å². The molecule has 0 unspecified atom stereocenters. The van der Waals surface area contributed by atoms with Crippen LogP contribution in [0.15, 0.2) is 28.8 Å². The van der Waals surface area contributed by atoms with Crippen molar-refractivity contribution >= 4 is 0 Å². The van der Waals surface area contributed by atoms with E-state index in [4.69, 9.17) is 4.52 Å². The molecule has 1 saturated carbocycles. The zero-order chi connectivity index (χ0) is 21.5. The van der Waals surface area contributed by atoms with Crippen LogP contribution in [0.4, 0.5) is 0 Å². The second kappa shape index (κ2) is 11.3. The molecule has 4 rings (SSSR count). The minimum Gasteiger partial charge on any atom is -0.334 e. The highest BCUT2D eigenvalue weighted by Crippen LogP contribution is 2.33. The van der Waals surface area contributed by atoms with E-state index < -0.39 is 0 Å². The second-order valence-corrected chi connectivity index (χ2v) is 9.81. The molecule has 0 amide bonds. The SMILES string of the molecule is CCC(CC)N1CCC(CCCc2noc(-c3ccc(C4CCCCC4)cc3)n2)CC1. The predicted molar refractivity (Wildman–Crippen MR) is 127 cm³/mol. The first-order valence-electron chi connectivity index (χ1n) is 12.9. The number of nitrogens with zero attached hydrogens (tertiary/aromatic N) is 3. The summed E-state index contributed by atoms with van der Waals surface area (Å²) >= 11 is 0. The lowest BCUT2D eigenvalue weighted by atomic mass is 9.84. The summed E-state index contributed by atoms with van der Waals surface area (Å²) in [6.45, 7) is 7.20. The van der Waals surface area contributed by atoms with E-state index in [2.05, 4.69) is 53.2 Å². The molecule has 2 heterocycles. The standard InChI is InChI=1S/C27H41N3O/c1-3-25(4-2)30-19-17-21(18-20-30)9-8-12-26-28-27(31-29-26)24-15-13-23(14-16-24)22-10-6-5-7-11-22/h13-16,21-22,25H,3-12,17-20H2,1-2H3. The zero-order valence-electron chi connectivity index (χ0n) is 19.7. The van der Waals surface area contributed by atoms with Gasteiger partial charge in [-0.3, -0.25) is 0 Å². The minimum atomic E-state index is 0.670. The van der Waals surface area contributed by atoms with E-state index >= 15 is 0 Å². The molecular formula is C27H41N3O. The van der Waals surface area contributed by atoms with E-state index in [-0.39, 0.29) is 0 Å². The van der Waals surface area contributed by atoms with Gasteiger partial charge in [0.1, 0.15) is 0 Å². The third kappa shape index (κ3) is 5.97. The lowest BCUT2D eigenvalue weighted by Gasteiger charge is -2.37. The van der Waals surface area contributed by atoms with Gasteiger partial charge in [0.05, 0.1) is 0 Å². The molecule has 2 aromatic rings. The maximum absolute atomic E-state index is 5.58. The number of piperidine rings is 1. The van der Waals surface area contributed by atoms with E-state index in [9.17, 15) is 0 Å². The van der Waals surface area contributed by atoms with Crippen LogP contribution in [0, 0.1) is 5.92 Å². The largest absolute Gasteiger partial charge is 0.334 e. The summed E-state index contributed by atoms with van der Waals surface area (Å²) in [5, 5.41) is 4.25. The molecule has 0 radical (unpaired) electrons. The molecule has 1 aliphatic heterocycles. The highest BCUT2D eigenvalue weighted by molar-refractivity contribution is 5.53. The quantitative estimate of drug-likeness (QED) is 0.435. The molecule has 1 saturated heterocycles. The van der Waals surface area contributed by atoms with Gasteiger partial charge in [-0.1, -0.05) is 50.4 Å². The molecule has 0 N–H and O–H groups in total. The molecular weight excluding hydrogens is 382 g/mol. The van der Waals surface area contributed by atoms with Gasteiger partial charge in [-0.2, -0.15) is 4.98 Å². The fourth-order valence-electron chi connectivity index (χ4n) is 5.77. The summed E-state index contributed by atoms with van der Waals surface area (Å²) in [6.07, 6.45) is 15.5. The van der Waals surface area contributed by atoms with Crippen molar-refractivity contribution in [3.05, 3.63) is 35.7 Å². The van der Waals surface area contributed by atoms with Gasteiger partial charge in [0.2, 0.25) is 0 Å². The topological polar surface area (TPSA) is 42.2 Å². The summed E-state index contributed by atoms with van der Waals surface area (Å²) in [4.78, 5) is 7.39. The molecule has 31 heavy (non-hydrogen) atoms. The first-order chi connectivity index (χ1) is 15.3.